The van der Waals surface area contributed by atoms with Gasteiger partial charge in [-0.2, -0.15) is 0 Å². The Morgan fingerprint density at radius 2 is 1.90 bits per heavy atom. The average molecular weight is 278 g/mol. The number of aliphatic hydroxyl groups is 1. The molecule has 1 spiro atoms. The minimum Gasteiger partial charge on any atom is -0.490 e. The number of halogens is 1. The molecule has 1 aromatic rings. The van der Waals surface area contributed by atoms with E-state index < -0.39 is 0 Å². The van der Waals surface area contributed by atoms with Crippen molar-refractivity contribution in [3.63, 3.8) is 0 Å². The van der Waals surface area contributed by atoms with Crippen LogP contribution in [0.1, 0.15) is 50.5 Å². The lowest BCUT2D eigenvalue weighted by Gasteiger charge is -2.53. The van der Waals surface area contributed by atoms with Crippen LogP contribution in [0.4, 0.5) is 4.39 Å². The molecule has 2 atom stereocenters. The van der Waals surface area contributed by atoms with E-state index in [1.54, 1.807) is 13.0 Å². The highest BCUT2D eigenvalue weighted by Crippen LogP contribution is 2.52. The summed E-state index contributed by atoms with van der Waals surface area (Å²) < 4.78 is 19.6. The molecule has 0 heterocycles. The third-order valence-electron chi connectivity index (χ3n) is 5.20. The van der Waals surface area contributed by atoms with Gasteiger partial charge in [-0.05, 0) is 31.4 Å². The van der Waals surface area contributed by atoms with Crippen LogP contribution in [0.5, 0.6) is 5.75 Å². The zero-order valence-corrected chi connectivity index (χ0v) is 12.1. The molecule has 2 nitrogen and oxygen atoms in total. The van der Waals surface area contributed by atoms with E-state index in [0.717, 1.165) is 12.8 Å². The molecule has 3 rings (SSSR count). The molecule has 0 bridgehead atoms. The van der Waals surface area contributed by atoms with E-state index in [1.807, 2.05) is 6.07 Å². The van der Waals surface area contributed by atoms with Crippen molar-refractivity contribution >= 4 is 0 Å². The Bertz CT molecular complexity index is 478. The molecule has 1 N–H and O–H groups in total. The van der Waals surface area contributed by atoms with Crippen molar-refractivity contribution in [2.75, 3.05) is 0 Å². The van der Waals surface area contributed by atoms with Crippen molar-refractivity contribution in [2.45, 2.75) is 64.1 Å². The van der Waals surface area contributed by atoms with Gasteiger partial charge in [0, 0.05) is 17.9 Å². The van der Waals surface area contributed by atoms with E-state index in [0.29, 0.717) is 17.7 Å². The molecule has 20 heavy (non-hydrogen) atoms. The van der Waals surface area contributed by atoms with Gasteiger partial charge in [-0.15, -0.1) is 0 Å². The van der Waals surface area contributed by atoms with Gasteiger partial charge >= 0.3 is 0 Å². The van der Waals surface area contributed by atoms with Crippen molar-refractivity contribution in [3.8, 4) is 5.75 Å². The van der Waals surface area contributed by atoms with Gasteiger partial charge < -0.3 is 9.84 Å². The largest absolute Gasteiger partial charge is 0.490 e. The first-order valence-electron chi connectivity index (χ1n) is 7.73. The smallest absolute Gasteiger partial charge is 0.129 e. The van der Waals surface area contributed by atoms with Crippen LogP contribution in [-0.2, 0) is 0 Å². The molecule has 0 saturated heterocycles. The van der Waals surface area contributed by atoms with Crippen LogP contribution in [0.3, 0.4) is 0 Å². The first kappa shape index (κ1) is 13.9. The van der Waals surface area contributed by atoms with Gasteiger partial charge in [0.15, 0.2) is 0 Å². The fourth-order valence-corrected chi connectivity index (χ4v) is 3.74. The molecule has 0 aromatic heterocycles. The van der Waals surface area contributed by atoms with Gasteiger partial charge in [-0.3, -0.25) is 0 Å². The molecule has 0 aliphatic heterocycles. The maximum absolute atomic E-state index is 13.6. The number of aryl methyl sites for hydroxylation is 1. The minimum atomic E-state index is -0.249. The number of ether oxygens (including phenoxy) is 1. The van der Waals surface area contributed by atoms with E-state index >= 15 is 0 Å². The zero-order valence-electron chi connectivity index (χ0n) is 12.1. The number of aliphatic hydroxyl groups excluding tert-OH is 1. The molecule has 0 radical (unpaired) electrons. The number of benzene rings is 1. The van der Waals surface area contributed by atoms with Crippen molar-refractivity contribution < 1.29 is 14.2 Å². The maximum atomic E-state index is 13.6. The highest BCUT2D eigenvalue weighted by Gasteiger charge is 2.55. The van der Waals surface area contributed by atoms with Gasteiger partial charge in [-0.25, -0.2) is 4.39 Å². The molecular weight excluding hydrogens is 255 g/mol. The number of hydrogen-bond donors (Lipinski definition) is 1. The summed E-state index contributed by atoms with van der Waals surface area (Å²) in [6.07, 6.45) is 7.37. The third kappa shape index (κ3) is 2.32. The summed E-state index contributed by atoms with van der Waals surface area (Å²) in [4.78, 5) is 0. The molecule has 2 saturated carbocycles. The second-order valence-corrected chi connectivity index (χ2v) is 6.42. The Morgan fingerprint density at radius 3 is 2.50 bits per heavy atom. The van der Waals surface area contributed by atoms with Gasteiger partial charge in [-0.1, -0.05) is 31.7 Å². The molecule has 2 aliphatic carbocycles. The molecule has 2 fully saturated rings. The first-order chi connectivity index (χ1) is 9.62. The van der Waals surface area contributed by atoms with Crippen LogP contribution >= 0.6 is 0 Å². The van der Waals surface area contributed by atoms with Crippen LogP contribution in [0, 0.1) is 18.2 Å². The Balaban J connectivity index is 1.75. The molecule has 2 aliphatic rings. The minimum absolute atomic E-state index is 0.0395. The normalized spacial score (nSPS) is 28.8. The topological polar surface area (TPSA) is 29.5 Å². The monoisotopic (exact) mass is 278 g/mol. The molecule has 3 heteroatoms. The van der Waals surface area contributed by atoms with Crippen LogP contribution < -0.4 is 4.74 Å². The van der Waals surface area contributed by atoms with E-state index in [2.05, 4.69) is 0 Å². The zero-order chi connectivity index (χ0) is 14.2. The van der Waals surface area contributed by atoms with Gasteiger partial charge in [0.05, 0.1) is 6.10 Å². The standard InChI is InChI=1S/C17H23FO2/c1-12-6-7-13(10-14(12)18)20-16-11-15(19)17(16)8-4-2-3-5-9-17/h6-7,10,15-16,19H,2-5,8-9,11H2,1H3. The summed E-state index contributed by atoms with van der Waals surface area (Å²) in [5.41, 5.74) is 0.549. The molecular formula is C17H23FO2. The lowest BCUT2D eigenvalue weighted by atomic mass is 9.59. The van der Waals surface area contributed by atoms with Gasteiger partial charge in [0.1, 0.15) is 17.7 Å². The summed E-state index contributed by atoms with van der Waals surface area (Å²) in [5.74, 6) is 0.367. The highest BCUT2D eigenvalue weighted by molar-refractivity contribution is 5.29. The molecule has 110 valence electrons. The van der Waals surface area contributed by atoms with Crippen LogP contribution in [0.2, 0.25) is 0 Å². The maximum Gasteiger partial charge on any atom is 0.129 e. The first-order valence-corrected chi connectivity index (χ1v) is 7.73. The van der Waals surface area contributed by atoms with Crippen molar-refractivity contribution in [1.82, 2.24) is 0 Å². The van der Waals surface area contributed by atoms with E-state index in [9.17, 15) is 9.50 Å². The lowest BCUT2D eigenvalue weighted by molar-refractivity contribution is -0.163. The fraction of sp³-hybridized carbons (Fsp3) is 0.647. The lowest BCUT2D eigenvalue weighted by Crippen LogP contribution is -2.59. The van der Waals surface area contributed by atoms with Crippen molar-refractivity contribution in [1.29, 1.82) is 0 Å². The van der Waals surface area contributed by atoms with Crippen LogP contribution in [0.15, 0.2) is 18.2 Å². The Kier molecular flexibility index (Phi) is 3.72. The Labute approximate surface area is 120 Å². The Hall–Kier alpha value is -1.09. The second kappa shape index (κ2) is 5.36. The molecule has 2 unspecified atom stereocenters. The summed E-state index contributed by atoms with van der Waals surface area (Å²) in [7, 11) is 0. The summed E-state index contributed by atoms with van der Waals surface area (Å²) >= 11 is 0. The van der Waals surface area contributed by atoms with Crippen LogP contribution in [-0.4, -0.2) is 17.3 Å². The quantitative estimate of drug-likeness (QED) is 0.886. The van der Waals surface area contributed by atoms with Gasteiger partial charge in [0.2, 0.25) is 0 Å². The van der Waals surface area contributed by atoms with Crippen LogP contribution in [0.25, 0.3) is 0 Å². The summed E-state index contributed by atoms with van der Waals surface area (Å²) in [6, 6.07) is 5.04. The fourth-order valence-electron chi connectivity index (χ4n) is 3.74. The summed E-state index contributed by atoms with van der Waals surface area (Å²) in [5, 5.41) is 10.2. The van der Waals surface area contributed by atoms with E-state index in [4.69, 9.17) is 4.74 Å². The van der Waals surface area contributed by atoms with Gasteiger partial charge in [0.25, 0.3) is 0 Å². The average Bonchev–Trinajstić information content (AvgIpc) is 2.70. The SMILES string of the molecule is Cc1ccc(OC2CC(O)C23CCCCCC3)cc1F. The predicted molar refractivity (Wildman–Crippen MR) is 76.3 cm³/mol. The molecule has 0 amide bonds. The van der Waals surface area contributed by atoms with Crippen molar-refractivity contribution in [3.05, 3.63) is 29.6 Å². The number of hydrogen-bond acceptors (Lipinski definition) is 2. The third-order valence-corrected chi connectivity index (χ3v) is 5.20. The highest BCUT2D eigenvalue weighted by atomic mass is 19.1. The summed E-state index contributed by atoms with van der Waals surface area (Å²) in [6.45, 7) is 1.75. The van der Waals surface area contributed by atoms with Crippen molar-refractivity contribution in [2.24, 2.45) is 5.41 Å². The molecule has 1 aromatic carbocycles. The Morgan fingerprint density at radius 1 is 1.20 bits per heavy atom. The van der Waals surface area contributed by atoms with E-state index in [1.165, 1.54) is 31.7 Å². The second-order valence-electron chi connectivity index (χ2n) is 6.42. The van der Waals surface area contributed by atoms with E-state index in [-0.39, 0.29) is 23.4 Å². The predicted octanol–water partition coefficient (Wildman–Crippen LogP) is 3.99. The number of rotatable bonds is 2.